The van der Waals surface area contributed by atoms with Gasteiger partial charge in [0.15, 0.2) is 0 Å². The van der Waals surface area contributed by atoms with Gasteiger partial charge in [0.05, 0.1) is 9.82 Å². The summed E-state index contributed by atoms with van der Waals surface area (Å²) >= 11 is 0. The Morgan fingerprint density at radius 2 is 2.00 bits per heavy atom. The van der Waals surface area contributed by atoms with Gasteiger partial charge in [-0.25, -0.2) is 13.1 Å². The van der Waals surface area contributed by atoms with Gasteiger partial charge in [-0.05, 0) is 49.4 Å². The van der Waals surface area contributed by atoms with Crippen molar-refractivity contribution >= 4 is 38.2 Å². The van der Waals surface area contributed by atoms with Crippen LogP contribution in [0.2, 0.25) is 0 Å². The first kappa shape index (κ1) is 19.1. The zero-order chi connectivity index (χ0) is 20.8. The van der Waals surface area contributed by atoms with E-state index in [2.05, 4.69) is 4.72 Å². The summed E-state index contributed by atoms with van der Waals surface area (Å²) in [5.41, 5.74) is 2.25. The Labute approximate surface area is 166 Å². The number of nitrogens with one attached hydrogen (secondary N) is 1. The molecule has 1 aliphatic heterocycles. The molecular weight excluding hydrogens is 396 g/mol. The van der Waals surface area contributed by atoms with Crippen LogP contribution in [0.3, 0.4) is 0 Å². The second-order valence-electron chi connectivity index (χ2n) is 6.74. The Hall–Kier alpha value is -3.24. The van der Waals surface area contributed by atoms with E-state index in [9.17, 15) is 23.3 Å². The quantitative estimate of drug-likeness (QED) is 0.507. The van der Waals surface area contributed by atoms with Crippen molar-refractivity contribution in [1.82, 2.24) is 9.29 Å². The summed E-state index contributed by atoms with van der Waals surface area (Å²) < 4.78 is 28.0. The van der Waals surface area contributed by atoms with Gasteiger partial charge in [0.1, 0.15) is 6.54 Å². The average Bonchev–Trinajstić information content (AvgIpc) is 3.31. The lowest BCUT2D eigenvalue weighted by atomic mass is 10.2. The van der Waals surface area contributed by atoms with Gasteiger partial charge < -0.3 is 9.47 Å². The van der Waals surface area contributed by atoms with Crippen LogP contribution in [0.4, 0.5) is 11.4 Å². The second kappa shape index (κ2) is 6.98. The largest absolute Gasteiger partial charge is 0.338 e. The van der Waals surface area contributed by atoms with Crippen molar-refractivity contribution in [2.24, 2.45) is 0 Å². The third-order valence-corrected chi connectivity index (χ3v) is 6.51. The number of carbonyl (C=O) groups excluding carboxylic acids is 1. The highest BCUT2D eigenvalue weighted by Crippen LogP contribution is 2.31. The fourth-order valence-corrected chi connectivity index (χ4v) is 4.37. The van der Waals surface area contributed by atoms with Gasteiger partial charge in [-0.15, -0.1) is 0 Å². The fourth-order valence-electron chi connectivity index (χ4n) is 3.59. The summed E-state index contributed by atoms with van der Waals surface area (Å²) in [6.45, 7) is 0.555. The number of anilines is 1. The molecular formula is C19H18N4O5S. The second-order valence-corrected chi connectivity index (χ2v) is 8.62. The molecule has 0 atom stereocenters. The van der Waals surface area contributed by atoms with Gasteiger partial charge in [-0.2, -0.15) is 0 Å². The number of amides is 1. The number of rotatable bonds is 5. The molecule has 2 aromatic carbocycles. The van der Waals surface area contributed by atoms with E-state index in [1.807, 2.05) is 0 Å². The smallest absolute Gasteiger partial charge is 0.270 e. The summed E-state index contributed by atoms with van der Waals surface area (Å²) in [5, 5.41) is 11.6. The van der Waals surface area contributed by atoms with E-state index in [4.69, 9.17) is 0 Å². The van der Waals surface area contributed by atoms with Crippen LogP contribution in [-0.4, -0.2) is 37.4 Å². The Bertz CT molecular complexity index is 1250. The Balaban J connectivity index is 1.58. The van der Waals surface area contributed by atoms with Gasteiger partial charge in [-0.1, -0.05) is 0 Å². The molecule has 0 radical (unpaired) electrons. The molecule has 1 amide bonds. The lowest BCUT2D eigenvalue weighted by Crippen LogP contribution is -2.32. The van der Waals surface area contributed by atoms with Gasteiger partial charge in [0.25, 0.3) is 5.69 Å². The zero-order valence-electron chi connectivity index (χ0n) is 15.5. The minimum atomic E-state index is -3.54. The first-order chi connectivity index (χ1) is 13.8. The predicted molar refractivity (Wildman–Crippen MR) is 107 cm³/mol. The number of carbonyl (C=O) groups is 1. The van der Waals surface area contributed by atoms with E-state index >= 15 is 0 Å². The summed E-state index contributed by atoms with van der Waals surface area (Å²) in [6, 6.07) is 11.0. The highest BCUT2D eigenvalue weighted by Gasteiger charge is 2.26. The van der Waals surface area contributed by atoms with E-state index in [1.54, 1.807) is 39.9 Å². The summed E-state index contributed by atoms with van der Waals surface area (Å²) in [4.78, 5) is 25.2. The van der Waals surface area contributed by atoms with Gasteiger partial charge in [-0.3, -0.25) is 14.9 Å². The number of sulfonamides is 1. The number of nitro benzene ring substituents is 1. The van der Waals surface area contributed by atoms with Gasteiger partial charge in [0, 0.05) is 41.5 Å². The van der Waals surface area contributed by atoms with Crippen molar-refractivity contribution in [3.63, 3.8) is 0 Å². The van der Waals surface area contributed by atoms with Crippen molar-refractivity contribution in [1.29, 1.82) is 0 Å². The maximum absolute atomic E-state index is 12.9. The Morgan fingerprint density at radius 1 is 1.21 bits per heavy atom. The summed E-state index contributed by atoms with van der Waals surface area (Å²) in [5.74, 6) is -0.135. The molecule has 10 heteroatoms. The summed E-state index contributed by atoms with van der Waals surface area (Å²) in [6.07, 6.45) is 2.30. The molecule has 0 saturated heterocycles. The maximum atomic E-state index is 12.9. The Kier molecular flexibility index (Phi) is 4.59. The summed E-state index contributed by atoms with van der Waals surface area (Å²) in [7, 11) is -2.18. The lowest BCUT2D eigenvalue weighted by Gasteiger charge is -2.18. The van der Waals surface area contributed by atoms with Crippen LogP contribution in [-0.2, 0) is 27.8 Å². The normalized spacial score (nSPS) is 13.6. The number of hydrogen-bond donors (Lipinski definition) is 1. The van der Waals surface area contributed by atoms with E-state index in [0.717, 1.165) is 11.1 Å². The number of nitro groups is 1. The van der Waals surface area contributed by atoms with Gasteiger partial charge in [0.2, 0.25) is 15.9 Å². The molecule has 1 N–H and O–H groups in total. The van der Waals surface area contributed by atoms with Crippen LogP contribution in [0.25, 0.3) is 10.9 Å². The molecule has 0 saturated carbocycles. The lowest BCUT2D eigenvalue weighted by molar-refractivity contribution is -0.384. The van der Waals surface area contributed by atoms with Crippen molar-refractivity contribution in [3.05, 3.63) is 64.3 Å². The number of nitrogens with zero attached hydrogens (tertiary/aromatic N) is 3. The van der Waals surface area contributed by atoms with E-state index in [0.29, 0.717) is 24.0 Å². The molecule has 1 aromatic heterocycles. The van der Waals surface area contributed by atoms with Crippen molar-refractivity contribution in [2.75, 3.05) is 18.5 Å². The minimum Gasteiger partial charge on any atom is -0.338 e. The molecule has 0 spiro atoms. The highest BCUT2D eigenvalue weighted by molar-refractivity contribution is 7.89. The maximum Gasteiger partial charge on any atom is 0.270 e. The number of aromatic nitrogens is 1. The number of benzene rings is 2. The van der Waals surface area contributed by atoms with E-state index < -0.39 is 14.9 Å². The molecule has 150 valence electrons. The van der Waals surface area contributed by atoms with Gasteiger partial charge >= 0.3 is 0 Å². The van der Waals surface area contributed by atoms with Crippen molar-refractivity contribution in [2.45, 2.75) is 17.9 Å². The Morgan fingerprint density at radius 3 is 2.72 bits per heavy atom. The molecule has 0 fully saturated rings. The predicted octanol–water partition coefficient (Wildman–Crippen LogP) is 2.05. The molecule has 1 aliphatic rings. The molecule has 0 aliphatic carbocycles. The third kappa shape index (κ3) is 3.36. The first-order valence-electron chi connectivity index (χ1n) is 8.90. The topological polar surface area (TPSA) is 115 Å². The average molecular weight is 414 g/mol. The third-order valence-electron chi connectivity index (χ3n) is 5.10. The number of non-ortho nitro benzene ring substituents is 1. The van der Waals surface area contributed by atoms with Crippen LogP contribution in [0.5, 0.6) is 0 Å². The standard InChI is InChI=1S/C19H18N4O5S/c1-20-29(27,28)16-3-5-18-14(11-16)7-9-22(18)19(24)12-21-8-6-13-10-15(23(25)26)2-4-17(13)21/h2-6,8,10-11,20H,7,9,12H2,1H3. The van der Waals surface area contributed by atoms with Crippen LogP contribution in [0.1, 0.15) is 5.56 Å². The van der Waals surface area contributed by atoms with E-state index in [-0.39, 0.29) is 23.0 Å². The van der Waals surface area contributed by atoms with Crippen LogP contribution >= 0.6 is 0 Å². The van der Waals surface area contributed by atoms with Crippen molar-refractivity contribution in [3.8, 4) is 0 Å². The zero-order valence-corrected chi connectivity index (χ0v) is 16.3. The molecule has 2 heterocycles. The SMILES string of the molecule is CNS(=O)(=O)c1ccc2c(c1)CCN2C(=O)Cn1ccc2cc([N+](=O)[O-])ccc21. The van der Waals surface area contributed by atoms with Crippen molar-refractivity contribution < 1.29 is 18.1 Å². The van der Waals surface area contributed by atoms with Crippen LogP contribution < -0.4 is 9.62 Å². The van der Waals surface area contributed by atoms with E-state index in [1.165, 1.54) is 25.2 Å². The first-order valence-corrected chi connectivity index (χ1v) is 10.4. The molecule has 9 nitrogen and oxygen atoms in total. The van der Waals surface area contributed by atoms with Crippen LogP contribution in [0, 0.1) is 10.1 Å². The minimum absolute atomic E-state index is 0.00220. The number of fused-ring (bicyclic) bond motifs is 2. The molecule has 0 unspecified atom stereocenters. The monoisotopic (exact) mass is 414 g/mol. The highest BCUT2D eigenvalue weighted by atomic mass is 32.2. The molecule has 29 heavy (non-hydrogen) atoms. The van der Waals surface area contributed by atoms with Crippen LogP contribution in [0.15, 0.2) is 53.6 Å². The number of hydrogen-bond acceptors (Lipinski definition) is 5. The fraction of sp³-hybridized carbons (Fsp3) is 0.211. The molecule has 0 bridgehead atoms. The molecule has 3 aromatic rings. The molecule has 4 rings (SSSR count).